The van der Waals surface area contributed by atoms with Crippen molar-refractivity contribution in [3.8, 4) is 5.75 Å². The summed E-state index contributed by atoms with van der Waals surface area (Å²) in [5, 5.41) is 0. The molecule has 1 aromatic carbocycles. The first kappa shape index (κ1) is 17.1. The number of rotatable bonds is 4. The number of likely N-dealkylation sites (tertiary alicyclic amines) is 1. The normalized spacial score (nSPS) is 24.2. The smallest absolute Gasteiger partial charge is 0.344 e. The Kier molecular flexibility index (Phi) is 4.26. The third kappa shape index (κ3) is 3.48. The van der Waals surface area contributed by atoms with Crippen LogP contribution in [0.15, 0.2) is 22.6 Å². The summed E-state index contributed by atoms with van der Waals surface area (Å²) in [6.07, 6.45) is 4.00. The number of benzene rings is 1. The van der Waals surface area contributed by atoms with Crippen molar-refractivity contribution in [1.29, 1.82) is 0 Å². The minimum Gasteiger partial charge on any atom is -0.492 e. The molecular weight excluding hydrogens is 356 g/mol. The molecule has 2 aliphatic heterocycles. The van der Waals surface area contributed by atoms with Crippen LogP contribution in [0.1, 0.15) is 31.2 Å². The van der Waals surface area contributed by atoms with Crippen molar-refractivity contribution in [2.24, 2.45) is 22.0 Å². The molecule has 2 fully saturated rings. The predicted molar refractivity (Wildman–Crippen MR) is 97.2 cm³/mol. The van der Waals surface area contributed by atoms with Gasteiger partial charge in [-0.3, -0.25) is 9.52 Å². The van der Waals surface area contributed by atoms with Crippen LogP contribution in [0.3, 0.4) is 0 Å². The highest BCUT2D eigenvalue weighted by molar-refractivity contribution is 7.91. The first-order valence-corrected chi connectivity index (χ1v) is 10.3. The van der Waals surface area contributed by atoms with E-state index in [1.807, 2.05) is 4.90 Å². The van der Waals surface area contributed by atoms with E-state index in [9.17, 15) is 13.2 Å². The Balaban J connectivity index is 1.45. The molecule has 8 nitrogen and oxygen atoms in total. The fraction of sp³-hybridized carbons (Fsp3) is 0.529. The van der Waals surface area contributed by atoms with Gasteiger partial charge >= 0.3 is 10.2 Å². The van der Waals surface area contributed by atoms with Gasteiger partial charge in [0.25, 0.3) is 0 Å². The van der Waals surface area contributed by atoms with E-state index in [0.29, 0.717) is 30.2 Å². The lowest BCUT2D eigenvalue weighted by Gasteiger charge is -2.33. The topological polar surface area (TPSA) is 114 Å². The van der Waals surface area contributed by atoms with Crippen molar-refractivity contribution in [2.75, 3.05) is 24.4 Å². The number of piperidine rings is 1. The average Bonchev–Trinajstić information content (AvgIpc) is 3.43. The van der Waals surface area contributed by atoms with Crippen LogP contribution in [0.4, 0.5) is 5.69 Å². The van der Waals surface area contributed by atoms with Crippen molar-refractivity contribution in [2.45, 2.75) is 25.7 Å². The van der Waals surface area contributed by atoms with E-state index in [-0.39, 0.29) is 23.6 Å². The number of amidine groups is 1. The Hall–Kier alpha value is -2.29. The maximum atomic E-state index is 12.3. The summed E-state index contributed by atoms with van der Waals surface area (Å²) in [5.74, 6) is 1.18. The monoisotopic (exact) mass is 378 g/mol. The van der Waals surface area contributed by atoms with E-state index in [2.05, 4.69) is 9.12 Å². The summed E-state index contributed by atoms with van der Waals surface area (Å²) in [4.78, 5) is 14.2. The molecule has 0 radical (unpaired) electrons. The zero-order chi connectivity index (χ0) is 18.3. The lowest BCUT2D eigenvalue weighted by Crippen LogP contribution is -2.42. The van der Waals surface area contributed by atoms with E-state index in [0.717, 1.165) is 32.2 Å². The Bertz CT molecular complexity index is 864. The van der Waals surface area contributed by atoms with Gasteiger partial charge in [-0.25, -0.2) is 0 Å². The molecule has 1 saturated carbocycles. The molecule has 3 aliphatic rings. The zero-order valence-electron chi connectivity index (χ0n) is 14.3. The van der Waals surface area contributed by atoms with Gasteiger partial charge in [-0.2, -0.15) is 8.42 Å². The molecule has 3 N–H and O–H groups in total. The molecule has 4 rings (SSSR count). The van der Waals surface area contributed by atoms with Crippen molar-refractivity contribution in [3.63, 3.8) is 0 Å². The number of nitrogens with one attached hydrogen (secondary N) is 1. The van der Waals surface area contributed by atoms with Crippen LogP contribution in [0.25, 0.3) is 0 Å². The van der Waals surface area contributed by atoms with Crippen LogP contribution in [-0.2, 0) is 15.0 Å². The second kappa shape index (κ2) is 6.46. The van der Waals surface area contributed by atoms with Gasteiger partial charge in [-0.15, -0.1) is 4.40 Å². The first-order chi connectivity index (χ1) is 12.4. The second-order valence-corrected chi connectivity index (χ2v) is 8.45. The highest BCUT2D eigenvalue weighted by Crippen LogP contribution is 2.33. The maximum Gasteiger partial charge on any atom is 0.344 e. The molecule has 9 heteroatoms. The van der Waals surface area contributed by atoms with Gasteiger partial charge in [0.2, 0.25) is 5.91 Å². The highest BCUT2D eigenvalue weighted by Gasteiger charge is 2.35. The van der Waals surface area contributed by atoms with Gasteiger partial charge in [0, 0.05) is 24.9 Å². The molecular formula is C17H22N4O4S. The highest BCUT2D eigenvalue weighted by atomic mass is 32.2. The second-order valence-electron chi connectivity index (χ2n) is 7.11. The quantitative estimate of drug-likeness (QED) is 0.814. The summed E-state index contributed by atoms with van der Waals surface area (Å²) in [5.41, 5.74) is 6.66. The molecule has 1 aromatic rings. The van der Waals surface area contributed by atoms with Crippen molar-refractivity contribution >= 4 is 27.6 Å². The summed E-state index contributed by atoms with van der Waals surface area (Å²) in [6.45, 7) is 1.99. The number of hydrogen-bond donors (Lipinski definition) is 2. The molecule has 2 heterocycles. The number of anilines is 1. The van der Waals surface area contributed by atoms with Crippen LogP contribution in [0.5, 0.6) is 5.75 Å². The van der Waals surface area contributed by atoms with Crippen LogP contribution < -0.4 is 15.2 Å². The van der Waals surface area contributed by atoms with Crippen LogP contribution in [-0.4, -0.2) is 44.8 Å². The molecule has 1 atom stereocenters. The molecule has 0 spiro atoms. The lowest BCUT2D eigenvalue weighted by molar-refractivity contribution is -0.134. The summed E-state index contributed by atoms with van der Waals surface area (Å²) in [6, 6.07) is 5.08. The average molecular weight is 378 g/mol. The predicted octanol–water partition coefficient (Wildman–Crippen LogP) is 1.09. The standard InChI is InChI=1S/C17H22N4O4S/c18-16-15-13(19-26(23,24)20-16)4-1-5-14(15)25-10-11-3-2-8-21(9-11)17(22)12-6-7-12/h1,4-5,11-12,19H,2-3,6-10H2,(H2,18,20)/t11-/m0/s1. The number of amides is 1. The number of carbonyl (C=O) groups excluding carboxylic acids is 1. The van der Waals surface area contributed by atoms with E-state index < -0.39 is 10.2 Å². The van der Waals surface area contributed by atoms with Gasteiger partial charge in [-0.05, 0) is 37.8 Å². The van der Waals surface area contributed by atoms with Crippen molar-refractivity contribution < 1.29 is 17.9 Å². The Morgan fingerprint density at radius 1 is 1.35 bits per heavy atom. The van der Waals surface area contributed by atoms with E-state index >= 15 is 0 Å². The largest absolute Gasteiger partial charge is 0.492 e. The first-order valence-electron chi connectivity index (χ1n) is 8.86. The number of hydrogen-bond acceptors (Lipinski definition) is 5. The molecule has 0 unspecified atom stereocenters. The Labute approximate surface area is 152 Å². The number of fused-ring (bicyclic) bond motifs is 1. The van der Waals surface area contributed by atoms with Gasteiger partial charge in [-0.1, -0.05) is 6.07 Å². The molecule has 26 heavy (non-hydrogen) atoms. The Morgan fingerprint density at radius 3 is 2.92 bits per heavy atom. The molecule has 1 saturated heterocycles. The van der Waals surface area contributed by atoms with E-state index in [4.69, 9.17) is 10.5 Å². The molecule has 1 amide bonds. The SMILES string of the molecule is NC1=NS(=O)(=O)Nc2cccc(OC[C@H]3CCCN(C(=O)C4CC4)C3)c21. The van der Waals surface area contributed by atoms with Gasteiger partial charge < -0.3 is 15.4 Å². The third-order valence-electron chi connectivity index (χ3n) is 4.97. The van der Waals surface area contributed by atoms with Gasteiger partial charge in [0.1, 0.15) is 5.75 Å². The maximum absolute atomic E-state index is 12.3. The number of ether oxygens (including phenoxy) is 1. The van der Waals surface area contributed by atoms with Crippen LogP contribution in [0.2, 0.25) is 0 Å². The summed E-state index contributed by atoms with van der Waals surface area (Å²) in [7, 11) is -3.80. The molecule has 0 aromatic heterocycles. The molecule has 140 valence electrons. The van der Waals surface area contributed by atoms with Gasteiger partial charge in [0.05, 0.1) is 17.9 Å². The number of carbonyl (C=O) groups is 1. The van der Waals surface area contributed by atoms with Crippen molar-refractivity contribution in [3.05, 3.63) is 23.8 Å². The minimum absolute atomic E-state index is 0.0801. The van der Waals surface area contributed by atoms with Crippen LogP contribution >= 0.6 is 0 Å². The summed E-state index contributed by atoms with van der Waals surface area (Å²) < 4.78 is 35.1. The van der Waals surface area contributed by atoms with E-state index in [1.54, 1.807) is 18.2 Å². The van der Waals surface area contributed by atoms with E-state index in [1.165, 1.54) is 0 Å². The number of nitrogens with two attached hydrogens (primary N) is 1. The number of nitrogens with zero attached hydrogens (tertiary/aromatic N) is 2. The Morgan fingerprint density at radius 2 is 2.15 bits per heavy atom. The third-order valence-corrected chi connectivity index (χ3v) is 5.89. The summed E-state index contributed by atoms with van der Waals surface area (Å²) >= 11 is 0. The fourth-order valence-corrected chi connectivity index (χ4v) is 4.38. The van der Waals surface area contributed by atoms with Crippen molar-refractivity contribution in [1.82, 2.24) is 4.90 Å². The zero-order valence-corrected chi connectivity index (χ0v) is 15.2. The fourth-order valence-electron chi connectivity index (χ4n) is 3.53. The molecule has 0 bridgehead atoms. The van der Waals surface area contributed by atoms with Gasteiger partial charge in [0.15, 0.2) is 5.84 Å². The lowest BCUT2D eigenvalue weighted by atomic mass is 9.98. The molecule has 1 aliphatic carbocycles. The minimum atomic E-state index is -3.80. The van der Waals surface area contributed by atoms with Crippen LogP contribution in [0, 0.1) is 11.8 Å².